The van der Waals surface area contributed by atoms with Gasteiger partial charge in [0.05, 0.1) is 0 Å². The number of rotatable bonds is 0. The highest BCUT2D eigenvalue weighted by Gasteiger charge is 2.41. The summed E-state index contributed by atoms with van der Waals surface area (Å²) in [7, 11) is 0. The fourth-order valence-electron chi connectivity index (χ4n) is 0.636. The van der Waals surface area contributed by atoms with Crippen LogP contribution in [-0.2, 0) is 0 Å². The van der Waals surface area contributed by atoms with Gasteiger partial charge in [-0.2, -0.15) is 13.2 Å². The minimum Gasteiger partial charge on any atom is -0.297 e. The van der Waals surface area contributed by atoms with Gasteiger partial charge in [-0.3, -0.25) is 5.32 Å². The van der Waals surface area contributed by atoms with Crippen LogP contribution in [0.4, 0.5) is 13.2 Å². The van der Waals surface area contributed by atoms with Crippen LogP contribution in [-0.4, -0.2) is 23.8 Å². The Hall–Kier alpha value is 0.100. The zero-order valence-electron chi connectivity index (χ0n) is 4.53. The number of hydrogen-bond acceptors (Lipinski definition) is 2. The molecule has 0 radical (unpaired) electrons. The molecule has 1 heterocycles. The van der Waals surface area contributed by atoms with Crippen molar-refractivity contribution < 1.29 is 13.2 Å². The van der Waals surface area contributed by atoms with E-state index in [0.717, 1.165) is 11.8 Å². The monoisotopic (exact) mass is 157 g/mol. The van der Waals surface area contributed by atoms with Gasteiger partial charge in [0, 0.05) is 12.3 Å². The lowest BCUT2D eigenvalue weighted by Crippen LogP contribution is -2.34. The first-order chi connectivity index (χ1) is 4.11. The van der Waals surface area contributed by atoms with Gasteiger partial charge in [-0.1, -0.05) is 0 Å². The quantitative estimate of drug-likeness (QED) is 0.567. The van der Waals surface area contributed by atoms with E-state index in [2.05, 4.69) is 5.32 Å². The van der Waals surface area contributed by atoms with Gasteiger partial charge in [0.15, 0.2) is 5.37 Å². The van der Waals surface area contributed by atoms with Crippen molar-refractivity contribution in [1.29, 1.82) is 0 Å². The maximum Gasteiger partial charge on any atom is 0.413 e. The standard InChI is InChI=1S/C4H6F3NS/c5-4(6,7)3-8-1-2-9-3/h3,8H,1-2H2. The molecule has 1 unspecified atom stereocenters. The second-order valence-corrected chi connectivity index (χ2v) is 2.96. The average molecular weight is 157 g/mol. The lowest BCUT2D eigenvalue weighted by molar-refractivity contribution is -0.132. The largest absolute Gasteiger partial charge is 0.413 e. The number of nitrogens with one attached hydrogen (secondary N) is 1. The van der Waals surface area contributed by atoms with E-state index in [4.69, 9.17) is 0 Å². The molecule has 1 saturated heterocycles. The van der Waals surface area contributed by atoms with Gasteiger partial charge in [0.1, 0.15) is 0 Å². The topological polar surface area (TPSA) is 12.0 Å². The second-order valence-electron chi connectivity index (χ2n) is 1.75. The van der Waals surface area contributed by atoms with Crippen LogP contribution < -0.4 is 5.32 Å². The highest BCUT2D eigenvalue weighted by atomic mass is 32.2. The van der Waals surface area contributed by atoms with E-state index in [-0.39, 0.29) is 0 Å². The predicted octanol–water partition coefficient (Wildman–Crippen LogP) is 1.21. The number of thioether (sulfide) groups is 1. The summed E-state index contributed by atoms with van der Waals surface area (Å²) >= 11 is 0.913. The van der Waals surface area contributed by atoms with Crippen LogP contribution in [0.15, 0.2) is 0 Å². The van der Waals surface area contributed by atoms with Crippen molar-refractivity contribution in [3.05, 3.63) is 0 Å². The van der Waals surface area contributed by atoms with Crippen molar-refractivity contribution in [3.63, 3.8) is 0 Å². The third-order valence-corrected chi connectivity index (χ3v) is 2.22. The van der Waals surface area contributed by atoms with Gasteiger partial charge in [0.2, 0.25) is 0 Å². The van der Waals surface area contributed by atoms with Crippen molar-refractivity contribution >= 4 is 11.8 Å². The van der Waals surface area contributed by atoms with Crippen molar-refractivity contribution in [1.82, 2.24) is 5.32 Å². The first-order valence-corrected chi connectivity index (χ1v) is 3.57. The fourth-order valence-corrected chi connectivity index (χ4v) is 1.53. The Morgan fingerprint density at radius 1 is 1.44 bits per heavy atom. The molecule has 0 aliphatic carbocycles. The van der Waals surface area contributed by atoms with Crippen molar-refractivity contribution in [2.75, 3.05) is 12.3 Å². The van der Waals surface area contributed by atoms with Crippen LogP contribution in [0, 0.1) is 0 Å². The van der Waals surface area contributed by atoms with E-state index in [1.54, 1.807) is 0 Å². The van der Waals surface area contributed by atoms with Gasteiger partial charge >= 0.3 is 6.18 Å². The van der Waals surface area contributed by atoms with Crippen LogP contribution >= 0.6 is 11.8 Å². The molecule has 5 heteroatoms. The second kappa shape index (κ2) is 2.38. The van der Waals surface area contributed by atoms with E-state index in [1.807, 2.05) is 0 Å². The molecule has 1 atom stereocenters. The van der Waals surface area contributed by atoms with Crippen molar-refractivity contribution in [3.8, 4) is 0 Å². The van der Waals surface area contributed by atoms with Gasteiger partial charge in [-0.15, -0.1) is 11.8 Å². The first kappa shape index (κ1) is 7.21. The SMILES string of the molecule is FC(F)(F)C1NCCS1. The molecule has 0 amide bonds. The third kappa shape index (κ3) is 1.76. The zero-order chi connectivity index (χ0) is 6.91. The molecule has 9 heavy (non-hydrogen) atoms. The third-order valence-electron chi connectivity index (χ3n) is 1.01. The Morgan fingerprint density at radius 3 is 2.33 bits per heavy atom. The van der Waals surface area contributed by atoms with Crippen LogP contribution in [0.25, 0.3) is 0 Å². The van der Waals surface area contributed by atoms with Gasteiger partial charge < -0.3 is 0 Å². The molecular formula is C4H6F3NS. The summed E-state index contributed by atoms with van der Waals surface area (Å²) < 4.78 is 35.0. The van der Waals surface area contributed by atoms with Gasteiger partial charge in [0.25, 0.3) is 0 Å². The fraction of sp³-hybridized carbons (Fsp3) is 1.00. The molecule has 0 aromatic rings. The first-order valence-electron chi connectivity index (χ1n) is 2.52. The molecule has 0 spiro atoms. The number of halogens is 3. The minimum atomic E-state index is -4.07. The summed E-state index contributed by atoms with van der Waals surface area (Å²) in [4.78, 5) is 0. The molecule has 0 aromatic carbocycles. The summed E-state index contributed by atoms with van der Waals surface area (Å²) in [5.41, 5.74) is 0. The average Bonchev–Trinajstić information content (AvgIpc) is 2.08. The molecule has 0 saturated carbocycles. The Kier molecular flexibility index (Phi) is 1.91. The van der Waals surface area contributed by atoms with E-state index < -0.39 is 11.6 Å². The lowest BCUT2D eigenvalue weighted by atomic mass is 10.6. The number of alkyl halides is 3. The Morgan fingerprint density at radius 2 is 2.11 bits per heavy atom. The van der Waals surface area contributed by atoms with Crippen molar-refractivity contribution in [2.45, 2.75) is 11.6 Å². The molecule has 1 fully saturated rings. The van der Waals surface area contributed by atoms with Crippen molar-refractivity contribution in [2.24, 2.45) is 0 Å². The lowest BCUT2D eigenvalue weighted by Gasteiger charge is -2.12. The van der Waals surface area contributed by atoms with Gasteiger partial charge in [-0.05, 0) is 0 Å². The zero-order valence-corrected chi connectivity index (χ0v) is 5.35. The molecule has 0 bridgehead atoms. The van der Waals surface area contributed by atoms with Crippen LogP contribution in [0.2, 0.25) is 0 Å². The summed E-state index contributed by atoms with van der Waals surface area (Å²) in [6.45, 7) is 0.467. The molecular weight excluding hydrogens is 151 g/mol. The highest BCUT2D eigenvalue weighted by Crippen LogP contribution is 2.30. The molecule has 54 valence electrons. The Labute approximate surface area is 55.0 Å². The van der Waals surface area contributed by atoms with Crippen LogP contribution in [0.5, 0.6) is 0 Å². The maximum absolute atomic E-state index is 11.7. The molecule has 1 rings (SSSR count). The molecule has 1 nitrogen and oxygen atoms in total. The van der Waals surface area contributed by atoms with Gasteiger partial charge in [-0.25, -0.2) is 0 Å². The molecule has 1 aliphatic heterocycles. The smallest absolute Gasteiger partial charge is 0.297 e. The van der Waals surface area contributed by atoms with Crippen LogP contribution in [0.3, 0.4) is 0 Å². The summed E-state index contributed by atoms with van der Waals surface area (Å²) in [6, 6.07) is 0. The Bertz CT molecular complexity index is 96.5. The summed E-state index contributed by atoms with van der Waals surface area (Å²) in [6.07, 6.45) is -4.07. The molecule has 1 N–H and O–H groups in total. The normalized spacial score (nSPS) is 29.0. The van der Waals surface area contributed by atoms with E-state index in [0.29, 0.717) is 12.3 Å². The summed E-state index contributed by atoms with van der Waals surface area (Å²) in [5, 5.41) is 1.01. The number of hydrogen-bond donors (Lipinski definition) is 1. The predicted molar refractivity (Wildman–Crippen MR) is 30.3 cm³/mol. The van der Waals surface area contributed by atoms with E-state index in [9.17, 15) is 13.2 Å². The van der Waals surface area contributed by atoms with E-state index >= 15 is 0 Å². The molecule has 1 aliphatic rings. The maximum atomic E-state index is 11.7. The summed E-state index contributed by atoms with van der Waals surface area (Å²) in [5.74, 6) is 0.560. The van der Waals surface area contributed by atoms with E-state index in [1.165, 1.54) is 0 Å². The minimum absolute atomic E-state index is 0.467. The highest BCUT2D eigenvalue weighted by molar-refractivity contribution is 8.00. The Balaban J connectivity index is 2.42. The molecule has 0 aromatic heterocycles. The van der Waals surface area contributed by atoms with Crippen LogP contribution in [0.1, 0.15) is 0 Å².